The molecule has 1 aliphatic rings. The number of rotatable bonds is 7. The van der Waals surface area contributed by atoms with Crippen molar-refractivity contribution in [1.29, 1.82) is 0 Å². The number of piperidine rings is 1. The molecule has 7 nitrogen and oxygen atoms in total. The molecule has 0 aliphatic carbocycles. The number of hydrogen-bond acceptors (Lipinski definition) is 5. The third-order valence-corrected chi connectivity index (χ3v) is 7.53. The summed E-state index contributed by atoms with van der Waals surface area (Å²) in [7, 11) is -2.50. The minimum Gasteiger partial charge on any atom is -0.469 e. The number of sulfonamides is 1. The standard InChI is InChI=1S/C20H29ClN2O5S/c1-5-22(13-15(3)20(25)28-4)19(24)16-8-9-17(21)18(11-16)29(26,27)23-10-6-7-14(2)12-23/h8-9,11,14-15H,5-7,10,12-13H2,1-4H3. The van der Waals surface area contributed by atoms with Crippen LogP contribution >= 0.6 is 11.6 Å². The predicted octanol–water partition coefficient (Wildman–Crippen LogP) is 3.03. The van der Waals surface area contributed by atoms with Crippen LogP contribution in [0.1, 0.15) is 44.0 Å². The summed E-state index contributed by atoms with van der Waals surface area (Å²) in [5.74, 6) is -0.982. The second-order valence-corrected chi connectivity index (χ2v) is 9.84. The Morgan fingerprint density at radius 1 is 1.38 bits per heavy atom. The van der Waals surface area contributed by atoms with Crippen molar-refractivity contribution in [3.63, 3.8) is 0 Å². The van der Waals surface area contributed by atoms with Gasteiger partial charge in [0.1, 0.15) is 4.90 Å². The number of carbonyl (C=O) groups excluding carboxylic acids is 2. The second kappa shape index (κ2) is 9.91. The van der Waals surface area contributed by atoms with Crippen molar-refractivity contribution in [3.05, 3.63) is 28.8 Å². The first-order chi connectivity index (χ1) is 13.6. The molecule has 0 bridgehead atoms. The van der Waals surface area contributed by atoms with Gasteiger partial charge in [0.05, 0.1) is 18.1 Å². The second-order valence-electron chi connectivity index (χ2n) is 7.52. The van der Waals surface area contributed by atoms with E-state index in [0.29, 0.717) is 19.6 Å². The molecule has 2 atom stereocenters. The highest BCUT2D eigenvalue weighted by Gasteiger charge is 2.31. The van der Waals surface area contributed by atoms with Gasteiger partial charge in [0.2, 0.25) is 10.0 Å². The first kappa shape index (κ1) is 23.6. The minimum absolute atomic E-state index is 0.0591. The number of esters is 1. The van der Waals surface area contributed by atoms with Crippen molar-refractivity contribution in [2.24, 2.45) is 11.8 Å². The van der Waals surface area contributed by atoms with Crippen molar-refractivity contribution in [1.82, 2.24) is 9.21 Å². The quantitative estimate of drug-likeness (QED) is 0.603. The highest BCUT2D eigenvalue weighted by atomic mass is 35.5. The van der Waals surface area contributed by atoms with E-state index in [-0.39, 0.29) is 33.9 Å². The van der Waals surface area contributed by atoms with E-state index in [0.717, 1.165) is 12.8 Å². The summed E-state index contributed by atoms with van der Waals surface area (Å²) in [5, 5.41) is 0.0887. The maximum absolute atomic E-state index is 13.1. The van der Waals surface area contributed by atoms with Gasteiger partial charge in [-0.05, 0) is 43.9 Å². The van der Waals surface area contributed by atoms with Crippen LogP contribution in [0.15, 0.2) is 23.1 Å². The number of ether oxygens (including phenoxy) is 1. The van der Waals surface area contributed by atoms with Crippen LogP contribution in [0.3, 0.4) is 0 Å². The Morgan fingerprint density at radius 2 is 2.07 bits per heavy atom. The molecule has 1 fully saturated rings. The predicted molar refractivity (Wildman–Crippen MR) is 111 cm³/mol. The molecule has 0 saturated carbocycles. The van der Waals surface area contributed by atoms with E-state index in [1.54, 1.807) is 13.8 Å². The Morgan fingerprint density at radius 3 is 2.66 bits per heavy atom. The number of benzene rings is 1. The van der Waals surface area contributed by atoms with Gasteiger partial charge in [-0.3, -0.25) is 9.59 Å². The van der Waals surface area contributed by atoms with E-state index >= 15 is 0 Å². The summed E-state index contributed by atoms with van der Waals surface area (Å²) in [4.78, 5) is 26.1. The molecular formula is C20H29ClN2O5S. The molecule has 9 heteroatoms. The molecule has 0 spiro atoms. The van der Waals surface area contributed by atoms with Gasteiger partial charge in [0, 0.05) is 31.7 Å². The van der Waals surface area contributed by atoms with Crippen molar-refractivity contribution in [2.45, 2.75) is 38.5 Å². The van der Waals surface area contributed by atoms with Crippen LogP contribution in [0.4, 0.5) is 0 Å². The molecule has 1 aromatic carbocycles. The monoisotopic (exact) mass is 444 g/mol. The van der Waals surface area contributed by atoms with Crippen molar-refractivity contribution in [2.75, 3.05) is 33.3 Å². The van der Waals surface area contributed by atoms with Crippen LogP contribution in [0.25, 0.3) is 0 Å². The summed E-state index contributed by atoms with van der Waals surface area (Å²) in [6, 6.07) is 4.28. The summed E-state index contributed by atoms with van der Waals surface area (Å²) in [6.07, 6.45) is 1.79. The Bertz CT molecular complexity index is 858. The summed E-state index contributed by atoms with van der Waals surface area (Å²) in [5.41, 5.74) is 0.219. The van der Waals surface area contributed by atoms with Gasteiger partial charge in [0.25, 0.3) is 5.91 Å². The Kier molecular flexibility index (Phi) is 8.08. The molecule has 29 heavy (non-hydrogen) atoms. The highest BCUT2D eigenvalue weighted by Crippen LogP contribution is 2.29. The smallest absolute Gasteiger partial charge is 0.310 e. The number of halogens is 1. The van der Waals surface area contributed by atoms with Crippen LogP contribution in [-0.2, 0) is 19.6 Å². The van der Waals surface area contributed by atoms with Crippen LogP contribution in [0, 0.1) is 11.8 Å². The van der Waals surface area contributed by atoms with E-state index in [1.807, 2.05) is 6.92 Å². The van der Waals surface area contributed by atoms with Gasteiger partial charge in [0.15, 0.2) is 0 Å². The average molecular weight is 445 g/mol. The number of hydrogen-bond donors (Lipinski definition) is 0. The maximum atomic E-state index is 13.1. The van der Waals surface area contributed by atoms with Crippen LogP contribution in [0.2, 0.25) is 5.02 Å². The molecule has 1 saturated heterocycles. The molecule has 1 heterocycles. The van der Waals surface area contributed by atoms with Gasteiger partial charge < -0.3 is 9.64 Å². The molecule has 2 rings (SSSR count). The summed E-state index contributed by atoms with van der Waals surface area (Å²) >= 11 is 6.21. The topological polar surface area (TPSA) is 84.0 Å². The molecule has 1 aromatic rings. The van der Waals surface area contributed by atoms with Crippen LogP contribution < -0.4 is 0 Å². The Balaban J connectivity index is 2.31. The van der Waals surface area contributed by atoms with Crippen LogP contribution in [0.5, 0.6) is 0 Å². The largest absolute Gasteiger partial charge is 0.469 e. The third-order valence-electron chi connectivity index (χ3n) is 5.18. The molecular weight excluding hydrogens is 416 g/mol. The fraction of sp³-hybridized carbons (Fsp3) is 0.600. The average Bonchev–Trinajstić information content (AvgIpc) is 2.70. The third kappa shape index (κ3) is 5.49. The first-order valence-corrected chi connectivity index (χ1v) is 11.6. The zero-order valence-electron chi connectivity index (χ0n) is 17.4. The van der Waals surface area contributed by atoms with Gasteiger partial charge in [-0.15, -0.1) is 0 Å². The van der Waals surface area contributed by atoms with E-state index in [1.165, 1.54) is 34.5 Å². The number of nitrogens with zero attached hydrogens (tertiary/aromatic N) is 2. The van der Waals surface area contributed by atoms with E-state index < -0.39 is 21.9 Å². The summed E-state index contributed by atoms with van der Waals surface area (Å²) in [6.45, 7) is 6.92. The first-order valence-electron chi connectivity index (χ1n) is 9.78. The summed E-state index contributed by atoms with van der Waals surface area (Å²) < 4.78 is 32.4. The van der Waals surface area contributed by atoms with Crippen LogP contribution in [-0.4, -0.2) is 62.8 Å². The highest BCUT2D eigenvalue weighted by molar-refractivity contribution is 7.89. The lowest BCUT2D eigenvalue weighted by molar-refractivity contribution is -0.145. The van der Waals surface area contributed by atoms with Gasteiger partial charge in [-0.25, -0.2) is 8.42 Å². The van der Waals surface area contributed by atoms with E-state index in [4.69, 9.17) is 16.3 Å². The maximum Gasteiger partial charge on any atom is 0.310 e. The Hall–Kier alpha value is -1.64. The number of amides is 1. The van der Waals surface area contributed by atoms with Crippen molar-refractivity contribution < 1.29 is 22.7 Å². The zero-order valence-corrected chi connectivity index (χ0v) is 18.9. The fourth-order valence-electron chi connectivity index (χ4n) is 3.48. The minimum atomic E-state index is -3.80. The molecule has 1 amide bonds. The SMILES string of the molecule is CCN(CC(C)C(=O)OC)C(=O)c1ccc(Cl)c(S(=O)(=O)N2CCCC(C)C2)c1. The van der Waals surface area contributed by atoms with Gasteiger partial charge >= 0.3 is 5.97 Å². The van der Waals surface area contributed by atoms with Gasteiger partial charge in [-0.2, -0.15) is 4.31 Å². The molecule has 162 valence electrons. The lowest BCUT2D eigenvalue weighted by Crippen LogP contribution is -2.39. The number of carbonyl (C=O) groups is 2. The Labute approximate surface area is 178 Å². The van der Waals surface area contributed by atoms with Gasteiger partial charge in [-0.1, -0.05) is 25.4 Å². The molecule has 1 aliphatic heterocycles. The van der Waals surface area contributed by atoms with Crippen molar-refractivity contribution >= 4 is 33.5 Å². The molecule has 0 N–H and O–H groups in total. The molecule has 2 unspecified atom stereocenters. The number of methoxy groups -OCH3 is 1. The van der Waals surface area contributed by atoms with Crippen molar-refractivity contribution in [3.8, 4) is 0 Å². The zero-order chi connectivity index (χ0) is 21.8. The van der Waals surface area contributed by atoms with E-state index in [2.05, 4.69) is 0 Å². The van der Waals surface area contributed by atoms with E-state index in [9.17, 15) is 18.0 Å². The lowest BCUT2D eigenvalue weighted by atomic mass is 10.0. The normalized spacial score (nSPS) is 18.9. The lowest BCUT2D eigenvalue weighted by Gasteiger charge is -2.30. The molecule has 0 radical (unpaired) electrons. The fourth-order valence-corrected chi connectivity index (χ4v) is 5.58. The molecule has 0 aromatic heterocycles.